The van der Waals surface area contributed by atoms with Crippen molar-refractivity contribution in [2.24, 2.45) is 0 Å². The lowest BCUT2D eigenvalue weighted by Crippen LogP contribution is -2.28. The highest BCUT2D eigenvalue weighted by atomic mass is 15.1. The van der Waals surface area contributed by atoms with Gasteiger partial charge in [0.15, 0.2) is 0 Å². The molecule has 9 aromatic carbocycles. The second-order valence-electron chi connectivity index (χ2n) is 13.7. The Labute approximate surface area is 324 Å². The molecule has 0 bridgehead atoms. The first-order valence-electron chi connectivity index (χ1n) is 20.8. The zero-order chi connectivity index (χ0) is 40.3. The summed E-state index contributed by atoms with van der Waals surface area (Å²) in [5.74, 6) is 0. The monoisotopic (exact) mass is 692 g/mol. The Morgan fingerprint density at radius 1 is 0.370 bits per heavy atom. The van der Waals surface area contributed by atoms with E-state index in [4.69, 9.17) is 6.85 Å². The Bertz CT molecular complexity index is 2970. The molecule has 0 saturated carbocycles. The van der Waals surface area contributed by atoms with Crippen LogP contribution >= 0.6 is 0 Å². The summed E-state index contributed by atoms with van der Waals surface area (Å²) in [6.45, 7) is 0. The molecule has 1 aliphatic carbocycles. The third-order valence-electron chi connectivity index (χ3n) is 10.8. The summed E-state index contributed by atoms with van der Waals surface area (Å²) in [4.78, 5) is 2.23. The van der Waals surface area contributed by atoms with Crippen LogP contribution in [0.5, 0.6) is 0 Å². The van der Waals surface area contributed by atoms with Crippen molar-refractivity contribution < 1.29 is 6.85 Å². The topological polar surface area (TPSA) is 3.24 Å². The molecule has 0 fully saturated rings. The largest absolute Gasteiger partial charge is 0.310 e. The van der Waals surface area contributed by atoms with Gasteiger partial charge >= 0.3 is 0 Å². The molecule has 0 aliphatic heterocycles. The first-order valence-corrected chi connectivity index (χ1v) is 18.3. The fourth-order valence-corrected chi connectivity index (χ4v) is 8.48. The molecule has 0 unspecified atom stereocenters. The van der Waals surface area contributed by atoms with E-state index in [0.29, 0.717) is 5.56 Å². The highest BCUT2D eigenvalue weighted by Crippen LogP contribution is 2.56. The summed E-state index contributed by atoms with van der Waals surface area (Å²) < 4.78 is 42.0. The van der Waals surface area contributed by atoms with Crippen LogP contribution in [0.1, 0.15) is 29.1 Å². The first-order chi connectivity index (χ1) is 28.9. The van der Waals surface area contributed by atoms with Crippen molar-refractivity contribution in [1.82, 2.24) is 0 Å². The third kappa shape index (κ3) is 5.17. The van der Waals surface area contributed by atoms with Gasteiger partial charge in [-0.2, -0.15) is 0 Å². The van der Waals surface area contributed by atoms with Crippen LogP contribution < -0.4 is 4.90 Å². The molecular weight excluding hydrogens is 651 g/mol. The minimum absolute atomic E-state index is 0.180. The van der Waals surface area contributed by atoms with E-state index < -0.39 is 11.5 Å². The van der Waals surface area contributed by atoms with Crippen LogP contribution in [-0.4, -0.2) is 0 Å². The number of fused-ring (bicyclic) bond motifs is 4. The average molecular weight is 693 g/mol. The first kappa shape index (κ1) is 26.8. The average Bonchev–Trinajstić information content (AvgIpc) is 3.60. The molecular formula is C53H37N. The lowest BCUT2D eigenvalue weighted by molar-refractivity contribution is 0.768. The van der Waals surface area contributed by atoms with Crippen LogP contribution in [0.3, 0.4) is 0 Å². The summed E-state index contributed by atoms with van der Waals surface area (Å²) in [6, 6.07) is 66.6. The van der Waals surface area contributed by atoms with E-state index in [0.717, 1.165) is 33.8 Å². The molecule has 1 nitrogen and oxygen atoms in total. The molecule has 9 aromatic rings. The van der Waals surface area contributed by atoms with Crippen LogP contribution in [-0.2, 0) is 5.41 Å². The van der Waals surface area contributed by atoms with Crippen molar-refractivity contribution in [3.05, 3.63) is 247 Å². The van der Waals surface area contributed by atoms with E-state index in [2.05, 4.69) is 175 Å². The molecule has 1 heteroatoms. The second-order valence-corrected chi connectivity index (χ2v) is 13.7. The summed E-state index contributed by atoms with van der Waals surface area (Å²) in [5.41, 5.74) is 12.4. The molecule has 0 amide bonds. The Kier molecular flexibility index (Phi) is 6.55. The number of nitrogens with zero attached hydrogens (tertiary/aromatic N) is 1. The van der Waals surface area contributed by atoms with Gasteiger partial charge in [0, 0.05) is 17.1 Å². The molecule has 0 aromatic heterocycles. The Morgan fingerprint density at radius 2 is 0.907 bits per heavy atom. The van der Waals surface area contributed by atoms with Crippen molar-refractivity contribution in [2.45, 2.75) is 5.41 Å². The molecule has 0 atom stereocenters. The quantitative estimate of drug-likeness (QED) is 0.161. The van der Waals surface area contributed by atoms with Gasteiger partial charge in [0.05, 0.1) is 12.3 Å². The van der Waals surface area contributed by atoms with E-state index in [-0.39, 0.29) is 29.7 Å². The SMILES string of the molecule is [2H]c1c([2H])c([2H])c(-c2ccc(N(c3ccc(-c4cccc5ccccc45)cc3)c3cccc(C4(c5ccccc5)c5ccccc5-c5ccccc54)c3)cc2)c([2H])c1[2H]. The van der Waals surface area contributed by atoms with Crippen molar-refractivity contribution in [1.29, 1.82) is 0 Å². The maximum absolute atomic E-state index is 8.64. The summed E-state index contributed by atoms with van der Waals surface area (Å²) >= 11 is 0. The zero-order valence-electron chi connectivity index (χ0n) is 34.4. The third-order valence-corrected chi connectivity index (χ3v) is 10.8. The van der Waals surface area contributed by atoms with Gasteiger partial charge in [0.1, 0.15) is 0 Å². The van der Waals surface area contributed by atoms with Crippen LogP contribution in [0.4, 0.5) is 17.1 Å². The maximum atomic E-state index is 8.64. The molecule has 254 valence electrons. The van der Waals surface area contributed by atoms with E-state index in [1.54, 1.807) is 0 Å². The number of hydrogen-bond acceptors (Lipinski definition) is 1. The van der Waals surface area contributed by atoms with Crippen molar-refractivity contribution in [3.8, 4) is 33.4 Å². The number of rotatable bonds is 7. The molecule has 0 N–H and O–H groups in total. The van der Waals surface area contributed by atoms with E-state index in [9.17, 15) is 0 Å². The predicted molar refractivity (Wildman–Crippen MR) is 227 cm³/mol. The second kappa shape index (κ2) is 13.2. The number of hydrogen-bond donors (Lipinski definition) is 0. The van der Waals surface area contributed by atoms with Gasteiger partial charge in [0.25, 0.3) is 0 Å². The van der Waals surface area contributed by atoms with E-state index in [1.807, 2.05) is 24.3 Å². The van der Waals surface area contributed by atoms with E-state index >= 15 is 0 Å². The standard InChI is InChI=1S/C53H37N/c1-3-15-38(16-4-1)39-29-33-44(34-30-39)54(45-35-31-41(32-36-45)48-26-13-18-40-17-7-8-23-47(40)48)46-22-14-21-43(37-46)53(42-19-5-2-6-20-42)51-27-11-9-24-49(51)50-25-10-12-28-52(50)53/h1-37H/i1D,3D,4D,15D,16D. The lowest BCUT2D eigenvalue weighted by atomic mass is 9.67. The van der Waals surface area contributed by atoms with E-state index in [1.165, 1.54) is 38.6 Å². The van der Waals surface area contributed by atoms with Gasteiger partial charge in [-0.1, -0.05) is 188 Å². The van der Waals surface area contributed by atoms with Crippen molar-refractivity contribution in [3.63, 3.8) is 0 Å². The summed E-state index contributed by atoms with van der Waals surface area (Å²) in [7, 11) is 0. The van der Waals surface area contributed by atoms with Crippen LogP contribution in [0.2, 0.25) is 0 Å². The smallest absolute Gasteiger partial charge is 0.0714 e. The number of benzene rings is 9. The minimum atomic E-state index is -0.584. The molecule has 54 heavy (non-hydrogen) atoms. The molecule has 10 rings (SSSR count). The van der Waals surface area contributed by atoms with Crippen molar-refractivity contribution in [2.75, 3.05) is 4.90 Å². The molecule has 0 radical (unpaired) electrons. The van der Waals surface area contributed by atoms with Gasteiger partial charge in [0.2, 0.25) is 0 Å². The fraction of sp³-hybridized carbons (Fsp3) is 0.0189. The van der Waals surface area contributed by atoms with Crippen LogP contribution in [0.15, 0.2) is 224 Å². The lowest BCUT2D eigenvalue weighted by Gasteiger charge is -2.35. The zero-order valence-corrected chi connectivity index (χ0v) is 29.4. The Hall–Kier alpha value is -6.96. The molecule has 0 spiro atoms. The van der Waals surface area contributed by atoms with Crippen molar-refractivity contribution >= 4 is 27.8 Å². The van der Waals surface area contributed by atoms with Gasteiger partial charge in [-0.3, -0.25) is 0 Å². The molecule has 0 saturated heterocycles. The minimum Gasteiger partial charge on any atom is -0.310 e. The predicted octanol–water partition coefficient (Wildman–Crippen LogP) is 14.0. The Morgan fingerprint density at radius 3 is 1.61 bits per heavy atom. The van der Waals surface area contributed by atoms with Crippen LogP contribution in [0.25, 0.3) is 44.2 Å². The highest BCUT2D eigenvalue weighted by molar-refractivity contribution is 5.97. The van der Waals surface area contributed by atoms with Gasteiger partial charge in [-0.25, -0.2) is 0 Å². The summed E-state index contributed by atoms with van der Waals surface area (Å²) in [6.07, 6.45) is 0. The Balaban J connectivity index is 1.16. The highest BCUT2D eigenvalue weighted by Gasteiger charge is 2.46. The maximum Gasteiger partial charge on any atom is 0.0714 e. The normalized spacial score (nSPS) is 13.9. The molecule has 1 aliphatic rings. The number of anilines is 3. The van der Waals surface area contributed by atoms with Gasteiger partial charge in [-0.15, -0.1) is 0 Å². The van der Waals surface area contributed by atoms with Crippen LogP contribution in [0, 0.1) is 0 Å². The van der Waals surface area contributed by atoms with Gasteiger partial charge in [-0.05, 0) is 103 Å². The summed E-state index contributed by atoms with van der Waals surface area (Å²) in [5, 5.41) is 2.38. The fourth-order valence-electron chi connectivity index (χ4n) is 8.48. The molecule has 0 heterocycles. The van der Waals surface area contributed by atoms with Gasteiger partial charge < -0.3 is 4.90 Å².